The van der Waals surface area contributed by atoms with Crippen LogP contribution in [0.1, 0.15) is 90.2 Å². The van der Waals surface area contributed by atoms with E-state index in [1.54, 1.807) is 0 Å². The van der Waals surface area contributed by atoms with Crippen molar-refractivity contribution in [1.82, 2.24) is 9.97 Å². The Bertz CT molecular complexity index is 2010. The van der Waals surface area contributed by atoms with Gasteiger partial charge in [-0.1, -0.05) is 79.1 Å². The largest absolute Gasteiger partial charge is 0.242 e. The Morgan fingerprint density at radius 3 is 1.45 bits per heavy atom. The van der Waals surface area contributed by atoms with E-state index in [2.05, 4.69) is 94.6 Å². The predicted molar refractivity (Wildman–Crippen MR) is 222 cm³/mol. The van der Waals surface area contributed by atoms with Gasteiger partial charge in [0.05, 0.1) is 47.5 Å². The minimum atomic E-state index is 0.694. The molecule has 7 rings (SSSR count). The summed E-state index contributed by atoms with van der Waals surface area (Å²) in [6.45, 7) is 9.32. The van der Waals surface area contributed by atoms with Gasteiger partial charge in [-0.25, -0.2) is 9.97 Å². The molecule has 9 heteroatoms. The number of halogens is 2. The third-order valence-corrected chi connectivity index (χ3v) is 16.5. The molecule has 0 spiro atoms. The van der Waals surface area contributed by atoms with Crippen LogP contribution in [0.4, 0.5) is 0 Å². The maximum absolute atomic E-state index is 5.63. The first kappa shape index (κ1) is 34.3. The molecule has 1 aromatic carbocycles. The second-order valence-corrected chi connectivity index (χ2v) is 20.5. The average molecular weight is 845 g/mol. The lowest BCUT2D eigenvalue weighted by molar-refractivity contribution is 0.450. The molecule has 0 aliphatic carbocycles. The van der Waals surface area contributed by atoms with Crippen molar-refractivity contribution < 1.29 is 0 Å². The Balaban J connectivity index is 1.47. The summed E-state index contributed by atoms with van der Waals surface area (Å²) in [6.07, 6.45) is 12.3. The highest BCUT2D eigenvalue weighted by atomic mass is 79.9. The molecule has 7 aromatic rings. The van der Waals surface area contributed by atoms with Gasteiger partial charge in [0.25, 0.3) is 0 Å². The Morgan fingerprint density at radius 2 is 1.04 bits per heavy atom. The van der Waals surface area contributed by atoms with E-state index in [1.807, 2.05) is 56.7 Å². The summed E-state index contributed by atoms with van der Waals surface area (Å²) in [5.41, 5.74) is 7.10. The number of unbranched alkanes of at least 4 members (excludes halogenated alkanes) is 2. The van der Waals surface area contributed by atoms with Crippen LogP contribution in [0.25, 0.3) is 61.7 Å². The number of hydrogen-bond donors (Lipinski definition) is 0. The molecule has 2 nitrogen and oxygen atoms in total. The van der Waals surface area contributed by atoms with E-state index in [9.17, 15) is 0 Å². The molecule has 2 unspecified atom stereocenters. The molecule has 0 amide bonds. The average Bonchev–Trinajstić information content (AvgIpc) is 3.90. The van der Waals surface area contributed by atoms with Crippen molar-refractivity contribution in [2.75, 3.05) is 0 Å². The molecular weight excluding hydrogens is 805 g/mol. The monoisotopic (exact) mass is 842 g/mol. The van der Waals surface area contributed by atoms with Crippen LogP contribution >= 0.6 is 88.5 Å². The van der Waals surface area contributed by atoms with Crippen LogP contribution in [0.3, 0.4) is 0 Å². The third-order valence-electron chi connectivity index (χ3n) is 9.65. The number of nitrogens with zero attached hydrogens (tertiary/aromatic N) is 2. The molecule has 0 aliphatic heterocycles. The second kappa shape index (κ2) is 15.0. The fourth-order valence-corrected chi connectivity index (χ4v) is 13.8. The summed E-state index contributed by atoms with van der Waals surface area (Å²) in [7, 11) is 0. The van der Waals surface area contributed by atoms with Gasteiger partial charge in [0.15, 0.2) is 0 Å². The smallest absolute Gasteiger partial charge is 0.110 e. The first-order chi connectivity index (χ1) is 22.9. The Hall–Kier alpha value is -1.20. The number of thiophene rings is 5. The first-order valence-corrected chi connectivity index (χ1v) is 22.8. The molecule has 0 N–H and O–H groups in total. The minimum absolute atomic E-state index is 0.694. The lowest BCUT2D eigenvalue weighted by atomic mass is 9.92. The molecule has 2 atom stereocenters. The van der Waals surface area contributed by atoms with Crippen molar-refractivity contribution in [3.8, 4) is 19.5 Å². The number of fused-ring (bicyclic) bond motifs is 7. The number of hydrogen-bond acceptors (Lipinski definition) is 7. The van der Waals surface area contributed by atoms with Crippen molar-refractivity contribution in [3.05, 3.63) is 53.7 Å². The molecule has 6 aromatic heterocycles. The molecule has 0 saturated carbocycles. The van der Waals surface area contributed by atoms with Crippen molar-refractivity contribution in [3.63, 3.8) is 0 Å². The number of aromatic nitrogens is 2. The molecule has 246 valence electrons. The molecule has 0 saturated heterocycles. The van der Waals surface area contributed by atoms with Crippen molar-refractivity contribution >= 4 is 131 Å². The van der Waals surface area contributed by atoms with Gasteiger partial charge in [-0.3, -0.25) is 0 Å². The molecule has 0 aliphatic rings. The van der Waals surface area contributed by atoms with Crippen LogP contribution in [0.15, 0.2) is 42.6 Å². The highest BCUT2D eigenvalue weighted by Gasteiger charge is 2.27. The summed E-state index contributed by atoms with van der Waals surface area (Å²) < 4.78 is 5.06. The summed E-state index contributed by atoms with van der Waals surface area (Å²) >= 11 is 17.1. The minimum Gasteiger partial charge on any atom is -0.242 e. The number of benzene rings is 1. The normalized spacial score (nSPS) is 13.6. The summed E-state index contributed by atoms with van der Waals surface area (Å²) in [5, 5.41) is 6.88. The predicted octanol–water partition coefficient (Wildman–Crippen LogP) is 15.8. The quantitative estimate of drug-likeness (QED) is 0.109. The first-order valence-electron chi connectivity index (χ1n) is 17.0. The van der Waals surface area contributed by atoms with E-state index in [1.165, 1.54) is 110 Å². The highest BCUT2D eigenvalue weighted by Crippen LogP contribution is 2.52. The van der Waals surface area contributed by atoms with Crippen LogP contribution in [0, 0.1) is 11.8 Å². The summed E-state index contributed by atoms with van der Waals surface area (Å²) in [6, 6.07) is 9.26. The number of rotatable bonds is 14. The molecule has 0 fully saturated rings. The highest BCUT2D eigenvalue weighted by molar-refractivity contribution is 9.11. The lowest BCUT2D eigenvalue weighted by Gasteiger charge is -2.14. The van der Waals surface area contributed by atoms with Crippen LogP contribution in [-0.4, -0.2) is 9.97 Å². The zero-order chi connectivity index (χ0) is 32.7. The van der Waals surface area contributed by atoms with Gasteiger partial charge in [-0.05, 0) is 103 Å². The third kappa shape index (κ3) is 6.68. The molecule has 0 bridgehead atoms. The zero-order valence-electron chi connectivity index (χ0n) is 27.4. The zero-order valence-corrected chi connectivity index (χ0v) is 34.6. The van der Waals surface area contributed by atoms with Gasteiger partial charge in [0.1, 0.15) is 11.0 Å². The summed E-state index contributed by atoms with van der Waals surface area (Å²) in [4.78, 5) is 16.5. The Morgan fingerprint density at radius 1 is 0.596 bits per heavy atom. The summed E-state index contributed by atoms with van der Waals surface area (Å²) in [5.74, 6) is 1.39. The van der Waals surface area contributed by atoms with Crippen molar-refractivity contribution in [2.24, 2.45) is 11.8 Å². The maximum atomic E-state index is 5.63. The van der Waals surface area contributed by atoms with Gasteiger partial charge in [-0.2, -0.15) is 0 Å². The molecular formula is C38H40Br2N2S5. The van der Waals surface area contributed by atoms with E-state index in [4.69, 9.17) is 9.97 Å². The second-order valence-electron chi connectivity index (χ2n) is 12.8. The van der Waals surface area contributed by atoms with Gasteiger partial charge in [0, 0.05) is 10.8 Å². The maximum Gasteiger partial charge on any atom is 0.110 e. The van der Waals surface area contributed by atoms with Crippen LogP contribution in [-0.2, 0) is 12.8 Å². The van der Waals surface area contributed by atoms with Crippen LogP contribution < -0.4 is 0 Å². The van der Waals surface area contributed by atoms with E-state index in [0.717, 1.165) is 34.9 Å². The fraction of sp³-hybridized carbons (Fsp3) is 0.421. The topological polar surface area (TPSA) is 25.8 Å². The van der Waals surface area contributed by atoms with Gasteiger partial charge in [0.2, 0.25) is 0 Å². The standard InChI is InChI=1S/C38H40Br2N2S5/c1-5-9-11-21(7-3)17-23-19-27(39)45-33(23)37-31-32(38(47-37)34-24(20-28(40)46-34)18-22(8-4)12-10-6-2)42-30-26-14-16-44-36(26)35-25(13-15-43-35)29(30)41-31/h13-16,19-22H,5-12,17-18H2,1-4H3. The van der Waals surface area contributed by atoms with Gasteiger partial charge >= 0.3 is 0 Å². The molecule has 0 radical (unpaired) electrons. The van der Waals surface area contributed by atoms with E-state index >= 15 is 0 Å². The molecule has 47 heavy (non-hydrogen) atoms. The van der Waals surface area contributed by atoms with Crippen LogP contribution in [0.5, 0.6) is 0 Å². The molecule has 6 heterocycles. The van der Waals surface area contributed by atoms with Gasteiger partial charge < -0.3 is 0 Å². The lowest BCUT2D eigenvalue weighted by Crippen LogP contribution is -2.03. The van der Waals surface area contributed by atoms with Crippen LogP contribution in [0.2, 0.25) is 0 Å². The van der Waals surface area contributed by atoms with Crippen molar-refractivity contribution in [1.29, 1.82) is 0 Å². The Kier molecular flexibility index (Phi) is 10.9. The van der Waals surface area contributed by atoms with E-state index < -0.39 is 0 Å². The SMILES string of the molecule is CCCCC(CC)Cc1cc(Br)sc1-c1sc(-c2sc(Br)cc2CC(CC)CCCC)c2nc3c4ccsc4c4sccc4c3nc12. The Labute approximate surface area is 314 Å². The van der Waals surface area contributed by atoms with E-state index in [-0.39, 0.29) is 0 Å². The fourth-order valence-electron chi connectivity index (χ4n) is 6.96. The van der Waals surface area contributed by atoms with E-state index in [0.29, 0.717) is 11.8 Å². The van der Waals surface area contributed by atoms with Crippen molar-refractivity contribution in [2.45, 2.75) is 91.9 Å². The van der Waals surface area contributed by atoms with Gasteiger partial charge in [-0.15, -0.1) is 56.7 Å².